The lowest BCUT2D eigenvalue weighted by molar-refractivity contribution is -0.118. The first-order valence-corrected chi connectivity index (χ1v) is 7.79. The maximum Gasteiger partial charge on any atom is 0.253 e. The fourth-order valence-electron chi connectivity index (χ4n) is 1.90. The van der Waals surface area contributed by atoms with E-state index >= 15 is 0 Å². The molecule has 1 N–H and O–H groups in total. The average Bonchev–Trinajstić information content (AvgIpc) is 3.14. The minimum absolute atomic E-state index is 0.157. The van der Waals surface area contributed by atoms with Gasteiger partial charge in [-0.2, -0.15) is 10.1 Å². The Kier molecular flexibility index (Phi) is 4.38. The number of hydrogen-bond acceptors (Lipinski definition) is 7. The summed E-state index contributed by atoms with van der Waals surface area (Å²) in [6.45, 7) is 3.83. The number of carbonyl (C=O) groups excluding carboxylic acids is 1. The highest BCUT2D eigenvalue weighted by Crippen LogP contribution is 2.14. The second-order valence-electron chi connectivity index (χ2n) is 4.74. The van der Waals surface area contributed by atoms with E-state index in [9.17, 15) is 4.79 Å². The van der Waals surface area contributed by atoms with Crippen LogP contribution in [0.5, 0.6) is 0 Å². The number of furan rings is 1. The molecule has 0 radical (unpaired) electrons. The summed E-state index contributed by atoms with van der Waals surface area (Å²) in [7, 11) is 0. The van der Waals surface area contributed by atoms with Gasteiger partial charge in [0.05, 0.1) is 18.2 Å². The summed E-state index contributed by atoms with van der Waals surface area (Å²) in [4.78, 5) is 20.3. The average molecular weight is 330 g/mol. The van der Waals surface area contributed by atoms with Crippen LogP contribution in [0.25, 0.3) is 5.78 Å². The summed E-state index contributed by atoms with van der Waals surface area (Å²) in [5, 5.41) is 8.62. The lowest BCUT2D eigenvalue weighted by Gasteiger charge is -1.97. The number of aryl methyl sites for hydroxylation is 2. The number of aromatic nitrogens is 4. The van der Waals surface area contributed by atoms with Crippen molar-refractivity contribution in [3.63, 3.8) is 0 Å². The quantitative estimate of drug-likeness (QED) is 0.433. The second kappa shape index (κ2) is 6.61. The smallest absolute Gasteiger partial charge is 0.253 e. The summed E-state index contributed by atoms with van der Waals surface area (Å²) in [6.07, 6.45) is 2.97. The number of rotatable bonds is 5. The molecule has 0 saturated carbocycles. The van der Waals surface area contributed by atoms with Gasteiger partial charge < -0.3 is 4.42 Å². The van der Waals surface area contributed by atoms with Gasteiger partial charge in [0, 0.05) is 11.4 Å². The highest BCUT2D eigenvalue weighted by Gasteiger charge is 2.10. The molecule has 3 heterocycles. The number of carbonyl (C=O) groups is 1. The molecule has 0 atom stereocenters. The van der Waals surface area contributed by atoms with E-state index in [0.717, 1.165) is 11.4 Å². The Hall–Kier alpha value is -2.68. The summed E-state index contributed by atoms with van der Waals surface area (Å²) >= 11 is 1.22. The minimum Gasteiger partial charge on any atom is -0.463 e. The van der Waals surface area contributed by atoms with Gasteiger partial charge in [0.15, 0.2) is 0 Å². The van der Waals surface area contributed by atoms with Crippen LogP contribution in [0.15, 0.2) is 39.1 Å². The van der Waals surface area contributed by atoms with Crippen molar-refractivity contribution in [1.82, 2.24) is 25.0 Å². The number of fused-ring (bicyclic) bond motifs is 1. The molecule has 0 aromatic carbocycles. The van der Waals surface area contributed by atoms with Crippen molar-refractivity contribution in [3.05, 3.63) is 41.6 Å². The van der Waals surface area contributed by atoms with E-state index in [1.54, 1.807) is 16.6 Å². The molecule has 0 fully saturated rings. The molecular weight excluding hydrogens is 316 g/mol. The Balaban J connectivity index is 1.57. The molecule has 118 valence electrons. The summed E-state index contributed by atoms with van der Waals surface area (Å²) < 4.78 is 6.72. The maximum atomic E-state index is 11.7. The molecule has 23 heavy (non-hydrogen) atoms. The fourth-order valence-corrected chi connectivity index (χ4v) is 2.51. The molecule has 0 spiro atoms. The largest absolute Gasteiger partial charge is 0.463 e. The third kappa shape index (κ3) is 3.75. The van der Waals surface area contributed by atoms with Crippen molar-refractivity contribution >= 4 is 29.7 Å². The van der Waals surface area contributed by atoms with Crippen molar-refractivity contribution in [2.75, 3.05) is 5.75 Å². The second-order valence-corrected chi connectivity index (χ2v) is 5.68. The Morgan fingerprint density at radius 2 is 2.35 bits per heavy atom. The van der Waals surface area contributed by atoms with E-state index in [1.165, 1.54) is 24.2 Å². The summed E-state index contributed by atoms with van der Waals surface area (Å²) in [5.74, 6) is 1.00. The number of nitrogens with one attached hydrogen (secondary N) is 1. The molecule has 0 saturated heterocycles. The highest BCUT2D eigenvalue weighted by atomic mass is 32.2. The van der Waals surface area contributed by atoms with Crippen LogP contribution in [0.2, 0.25) is 0 Å². The van der Waals surface area contributed by atoms with Crippen molar-refractivity contribution in [2.45, 2.75) is 19.0 Å². The minimum atomic E-state index is -0.252. The van der Waals surface area contributed by atoms with Crippen LogP contribution in [-0.2, 0) is 4.79 Å². The monoisotopic (exact) mass is 330 g/mol. The first-order chi connectivity index (χ1) is 11.1. The first-order valence-electron chi connectivity index (χ1n) is 6.81. The van der Waals surface area contributed by atoms with Crippen molar-refractivity contribution in [1.29, 1.82) is 0 Å². The Morgan fingerprint density at radius 3 is 3.13 bits per heavy atom. The van der Waals surface area contributed by atoms with Crippen LogP contribution in [0.4, 0.5) is 0 Å². The zero-order valence-corrected chi connectivity index (χ0v) is 13.4. The van der Waals surface area contributed by atoms with Crippen LogP contribution in [0, 0.1) is 13.8 Å². The van der Waals surface area contributed by atoms with Gasteiger partial charge in [0.2, 0.25) is 5.16 Å². The highest BCUT2D eigenvalue weighted by molar-refractivity contribution is 7.99. The van der Waals surface area contributed by atoms with E-state index in [1.807, 2.05) is 19.9 Å². The number of hydrazone groups is 1. The van der Waals surface area contributed by atoms with Gasteiger partial charge in [-0.1, -0.05) is 11.8 Å². The van der Waals surface area contributed by atoms with Crippen LogP contribution in [-0.4, -0.2) is 37.5 Å². The zero-order valence-electron chi connectivity index (χ0n) is 12.6. The van der Waals surface area contributed by atoms with E-state index in [2.05, 4.69) is 25.6 Å². The normalized spacial score (nSPS) is 11.4. The third-order valence-corrected chi connectivity index (χ3v) is 3.69. The van der Waals surface area contributed by atoms with Gasteiger partial charge >= 0.3 is 0 Å². The SMILES string of the molecule is Cc1cc(C)n2nc(SCC(=O)N/N=C/c3ccco3)nc2n1. The van der Waals surface area contributed by atoms with Crippen LogP contribution >= 0.6 is 11.8 Å². The summed E-state index contributed by atoms with van der Waals surface area (Å²) in [5.41, 5.74) is 4.24. The van der Waals surface area contributed by atoms with Crippen LogP contribution in [0.3, 0.4) is 0 Å². The Morgan fingerprint density at radius 1 is 1.48 bits per heavy atom. The molecule has 1 amide bonds. The molecule has 0 bridgehead atoms. The lowest BCUT2D eigenvalue weighted by atomic mass is 10.4. The molecule has 0 aliphatic rings. The predicted molar refractivity (Wildman–Crippen MR) is 85.4 cm³/mol. The number of thioether (sulfide) groups is 1. The van der Waals surface area contributed by atoms with Crippen molar-refractivity contribution < 1.29 is 9.21 Å². The van der Waals surface area contributed by atoms with Gasteiger partial charge in [0.1, 0.15) is 5.76 Å². The topological polar surface area (TPSA) is 97.7 Å². The van der Waals surface area contributed by atoms with E-state index in [4.69, 9.17) is 4.42 Å². The molecule has 8 nitrogen and oxygen atoms in total. The molecule has 9 heteroatoms. The molecule has 3 aromatic rings. The predicted octanol–water partition coefficient (Wildman–Crippen LogP) is 1.58. The Bertz CT molecular complexity index is 856. The molecule has 0 aliphatic heterocycles. The summed E-state index contributed by atoms with van der Waals surface area (Å²) in [6, 6.07) is 5.40. The Labute approximate surface area is 136 Å². The zero-order chi connectivity index (χ0) is 16.2. The van der Waals surface area contributed by atoms with Gasteiger partial charge in [-0.05, 0) is 32.0 Å². The van der Waals surface area contributed by atoms with E-state index in [0.29, 0.717) is 16.7 Å². The number of hydrogen-bond donors (Lipinski definition) is 1. The molecule has 3 rings (SSSR count). The van der Waals surface area contributed by atoms with Gasteiger partial charge in [-0.25, -0.2) is 14.9 Å². The van der Waals surface area contributed by atoms with Gasteiger partial charge in [-0.15, -0.1) is 5.10 Å². The van der Waals surface area contributed by atoms with E-state index in [-0.39, 0.29) is 11.7 Å². The van der Waals surface area contributed by atoms with Crippen LogP contribution in [0.1, 0.15) is 17.1 Å². The van der Waals surface area contributed by atoms with Crippen LogP contribution < -0.4 is 5.43 Å². The van der Waals surface area contributed by atoms with E-state index < -0.39 is 0 Å². The lowest BCUT2D eigenvalue weighted by Crippen LogP contribution is -2.19. The molecule has 0 aliphatic carbocycles. The van der Waals surface area contributed by atoms with Gasteiger partial charge in [-0.3, -0.25) is 4.79 Å². The molecular formula is C14H14N6O2S. The molecule has 3 aromatic heterocycles. The standard InChI is InChI=1S/C14H14N6O2S/c1-9-6-10(2)20-13(16-9)17-14(19-20)23-8-12(21)18-15-7-11-4-3-5-22-11/h3-7H,8H2,1-2H3,(H,18,21)/b15-7+. The molecule has 0 unspecified atom stereocenters. The number of amides is 1. The number of nitrogens with zero attached hydrogens (tertiary/aromatic N) is 5. The fraction of sp³-hybridized carbons (Fsp3) is 0.214. The van der Waals surface area contributed by atoms with Crippen molar-refractivity contribution in [2.24, 2.45) is 5.10 Å². The van der Waals surface area contributed by atoms with Crippen molar-refractivity contribution in [3.8, 4) is 0 Å². The first kappa shape index (κ1) is 15.2. The third-order valence-electron chi connectivity index (χ3n) is 2.86. The maximum absolute atomic E-state index is 11.7. The van der Waals surface area contributed by atoms with Gasteiger partial charge in [0.25, 0.3) is 11.7 Å².